The van der Waals surface area contributed by atoms with E-state index in [0.29, 0.717) is 42.6 Å². The third-order valence-corrected chi connectivity index (χ3v) is 6.19. The minimum Gasteiger partial charge on any atom is -0.486 e. The molecule has 0 N–H and O–H groups in total. The predicted molar refractivity (Wildman–Crippen MR) is 97.2 cm³/mol. The fourth-order valence-electron chi connectivity index (χ4n) is 4.85. The molecule has 3 aliphatic rings. The highest BCUT2D eigenvalue weighted by molar-refractivity contribution is 5.89. The second-order valence-corrected chi connectivity index (χ2v) is 8.04. The number of halogens is 2. The van der Waals surface area contributed by atoms with E-state index < -0.39 is 17.2 Å². The van der Waals surface area contributed by atoms with Crippen molar-refractivity contribution in [2.45, 2.75) is 49.7 Å². The molecule has 2 saturated heterocycles. The number of hydrogen-bond acceptors (Lipinski definition) is 6. The van der Waals surface area contributed by atoms with E-state index in [1.54, 1.807) is 23.2 Å². The van der Waals surface area contributed by atoms with Crippen LogP contribution in [0.5, 0.6) is 5.75 Å². The Balaban J connectivity index is 1.20. The fourth-order valence-corrected chi connectivity index (χ4v) is 4.85. The zero-order valence-corrected chi connectivity index (χ0v) is 15.7. The zero-order valence-electron chi connectivity index (χ0n) is 15.7. The number of nitrogens with zero attached hydrogens (tertiary/aromatic N) is 5. The molecule has 2 aliphatic heterocycles. The lowest BCUT2D eigenvalue weighted by Crippen LogP contribution is -2.56. The van der Waals surface area contributed by atoms with Crippen LogP contribution in [0.2, 0.25) is 0 Å². The van der Waals surface area contributed by atoms with Crippen LogP contribution in [0.1, 0.15) is 37.3 Å². The van der Waals surface area contributed by atoms with Crippen molar-refractivity contribution in [3.63, 3.8) is 0 Å². The first-order valence-corrected chi connectivity index (χ1v) is 9.82. The average Bonchev–Trinajstić information content (AvgIpc) is 3.37. The van der Waals surface area contributed by atoms with Crippen molar-refractivity contribution in [1.29, 1.82) is 0 Å². The van der Waals surface area contributed by atoms with Gasteiger partial charge >= 0.3 is 0 Å². The fraction of sp³-hybridized carbons (Fsp3) is 0.400. The van der Waals surface area contributed by atoms with Crippen LogP contribution in [0.15, 0.2) is 36.5 Å². The van der Waals surface area contributed by atoms with Gasteiger partial charge in [0.2, 0.25) is 5.65 Å². The molecule has 1 spiro atoms. The van der Waals surface area contributed by atoms with Gasteiger partial charge in [-0.1, -0.05) is 0 Å². The summed E-state index contributed by atoms with van der Waals surface area (Å²) in [6.07, 6.45) is 3.19. The Morgan fingerprint density at radius 3 is 2.77 bits per heavy atom. The summed E-state index contributed by atoms with van der Waals surface area (Å²) in [5, 5.41) is 11.4. The molecule has 4 heterocycles. The quantitative estimate of drug-likeness (QED) is 0.656. The lowest BCUT2D eigenvalue weighted by atomic mass is 9.76. The number of tetrazole rings is 1. The lowest BCUT2D eigenvalue weighted by Gasteiger charge is -2.42. The summed E-state index contributed by atoms with van der Waals surface area (Å²) in [4.78, 5) is 14.9. The molecular weight excluding hydrogens is 396 g/mol. The van der Waals surface area contributed by atoms with E-state index in [2.05, 4.69) is 15.5 Å². The maximum absolute atomic E-state index is 13.7. The Kier molecular flexibility index (Phi) is 3.64. The second kappa shape index (κ2) is 6.18. The van der Waals surface area contributed by atoms with Crippen molar-refractivity contribution in [3.05, 3.63) is 53.7 Å². The first kappa shape index (κ1) is 17.7. The number of ether oxygens (including phenoxy) is 2. The van der Waals surface area contributed by atoms with Crippen LogP contribution in [-0.2, 0) is 9.53 Å². The molecule has 0 radical (unpaired) electrons. The van der Waals surface area contributed by atoms with Gasteiger partial charge < -0.3 is 14.4 Å². The van der Waals surface area contributed by atoms with Crippen LogP contribution in [0.3, 0.4) is 0 Å². The second-order valence-electron chi connectivity index (χ2n) is 8.04. The molecule has 8 nitrogen and oxygen atoms in total. The molecular formula is C20H17F2N5O3. The van der Waals surface area contributed by atoms with E-state index in [-0.39, 0.29) is 24.3 Å². The molecule has 3 fully saturated rings. The highest BCUT2D eigenvalue weighted by Gasteiger charge is 2.63. The summed E-state index contributed by atoms with van der Waals surface area (Å²) in [7, 11) is 0. The number of aromatic nitrogens is 4. The summed E-state index contributed by atoms with van der Waals surface area (Å²) < 4.78 is 41.0. The van der Waals surface area contributed by atoms with E-state index >= 15 is 0 Å². The number of carbonyl (C=O) groups is 1. The normalized spacial score (nSPS) is 30.1. The largest absolute Gasteiger partial charge is 0.486 e. The Bertz CT molecular complexity index is 1140. The molecule has 1 aliphatic carbocycles. The highest BCUT2D eigenvalue weighted by atomic mass is 19.1. The standard InChI is InChI=1S/C20H17F2N5O3/c21-12-6-11(7-13(22)8-12)15-3-4-17-27(15)19(28)20(30-17)9-14(10-20)29-16-2-1-5-26-18(16)23-24-25-26/h1-2,5-8,14-15,17H,3-4,9-10H2/t14?,15-,17+,20?/m0/s1. The molecule has 3 aromatic rings. The molecule has 1 saturated carbocycles. The van der Waals surface area contributed by atoms with Gasteiger partial charge in [0.15, 0.2) is 11.4 Å². The number of rotatable bonds is 3. The van der Waals surface area contributed by atoms with Crippen LogP contribution < -0.4 is 4.74 Å². The van der Waals surface area contributed by atoms with Gasteiger partial charge in [-0.05, 0) is 53.1 Å². The first-order valence-electron chi connectivity index (χ1n) is 9.82. The molecule has 2 atom stereocenters. The number of benzene rings is 1. The molecule has 0 bridgehead atoms. The highest BCUT2D eigenvalue weighted by Crippen LogP contribution is 2.52. The summed E-state index contributed by atoms with van der Waals surface area (Å²) in [6.45, 7) is 0. The van der Waals surface area contributed by atoms with E-state index in [9.17, 15) is 13.6 Å². The molecule has 10 heteroatoms. The SMILES string of the molecule is O=C1N2[C@@H](CC[C@H]2c2cc(F)cc(F)c2)OC12CC(Oc1cccn3nnnc13)C2. The van der Waals surface area contributed by atoms with Crippen LogP contribution in [0.4, 0.5) is 8.78 Å². The number of pyridine rings is 1. The number of carbonyl (C=O) groups excluding carboxylic acids is 1. The van der Waals surface area contributed by atoms with Gasteiger partial charge in [-0.25, -0.2) is 8.78 Å². The molecule has 6 rings (SSSR count). The molecule has 1 aromatic carbocycles. The van der Waals surface area contributed by atoms with Crippen LogP contribution >= 0.6 is 0 Å². The molecule has 0 unspecified atom stereocenters. The summed E-state index contributed by atoms with van der Waals surface area (Å²) in [5.74, 6) is -0.891. The predicted octanol–water partition coefficient (Wildman–Crippen LogP) is 2.40. The third-order valence-electron chi connectivity index (χ3n) is 6.19. The van der Waals surface area contributed by atoms with Gasteiger partial charge in [-0.15, -0.1) is 5.10 Å². The number of amides is 1. The Morgan fingerprint density at radius 1 is 1.17 bits per heavy atom. The Hall–Kier alpha value is -3.14. The van der Waals surface area contributed by atoms with E-state index in [4.69, 9.17) is 9.47 Å². The van der Waals surface area contributed by atoms with Crippen LogP contribution in [0.25, 0.3) is 5.65 Å². The van der Waals surface area contributed by atoms with Gasteiger partial charge in [0, 0.05) is 25.1 Å². The summed E-state index contributed by atoms with van der Waals surface area (Å²) in [5.41, 5.74) is 0.0321. The van der Waals surface area contributed by atoms with Gasteiger partial charge in [0.05, 0.1) is 6.04 Å². The van der Waals surface area contributed by atoms with E-state index in [1.807, 2.05) is 0 Å². The molecule has 154 valence electrons. The van der Waals surface area contributed by atoms with Gasteiger partial charge in [-0.3, -0.25) is 4.79 Å². The molecule has 1 amide bonds. The maximum Gasteiger partial charge on any atom is 0.257 e. The van der Waals surface area contributed by atoms with Crippen molar-refractivity contribution in [2.24, 2.45) is 0 Å². The van der Waals surface area contributed by atoms with Gasteiger partial charge in [0.1, 0.15) is 24.0 Å². The van der Waals surface area contributed by atoms with Crippen LogP contribution in [0, 0.1) is 11.6 Å². The first-order chi connectivity index (χ1) is 14.5. The topological polar surface area (TPSA) is 81.9 Å². The average molecular weight is 413 g/mol. The van der Waals surface area contributed by atoms with Gasteiger partial charge in [0.25, 0.3) is 5.91 Å². The third kappa shape index (κ3) is 2.53. The van der Waals surface area contributed by atoms with E-state index in [0.717, 1.165) is 6.07 Å². The van der Waals surface area contributed by atoms with Gasteiger partial charge in [-0.2, -0.15) is 4.52 Å². The summed E-state index contributed by atoms with van der Waals surface area (Å²) in [6, 6.07) is 6.58. The zero-order chi connectivity index (χ0) is 20.5. The van der Waals surface area contributed by atoms with Crippen molar-refractivity contribution in [1.82, 2.24) is 24.9 Å². The smallest absolute Gasteiger partial charge is 0.257 e. The molecule has 30 heavy (non-hydrogen) atoms. The number of hydrogen-bond donors (Lipinski definition) is 0. The monoisotopic (exact) mass is 413 g/mol. The van der Waals surface area contributed by atoms with Crippen molar-refractivity contribution in [2.75, 3.05) is 0 Å². The summed E-state index contributed by atoms with van der Waals surface area (Å²) >= 11 is 0. The molecule has 2 aromatic heterocycles. The number of fused-ring (bicyclic) bond motifs is 2. The Labute approximate surface area is 169 Å². The maximum atomic E-state index is 13.7. The van der Waals surface area contributed by atoms with Crippen LogP contribution in [-0.4, -0.2) is 48.8 Å². The Morgan fingerprint density at radius 2 is 1.97 bits per heavy atom. The minimum atomic E-state index is -0.934. The van der Waals surface area contributed by atoms with Crippen molar-refractivity contribution >= 4 is 11.6 Å². The van der Waals surface area contributed by atoms with Crippen molar-refractivity contribution in [3.8, 4) is 5.75 Å². The van der Waals surface area contributed by atoms with Crippen molar-refractivity contribution < 1.29 is 23.0 Å². The van der Waals surface area contributed by atoms with E-state index in [1.165, 1.54) is 16.6 Å². The lowest BCUT2D eigenvalue weighted by molar-refractivity contribution is -0.162. The minimum absolute atomic E-state index is 0.137.